The molecule has 0 saturated carbocycles. The van der Waals surface area contributed by atoms with E-state index in [2.05, 4.69) is 82.8 Å². The summed E-state index contributed by atoms with van der Waals surface area (Å²) in [4.78, 5) is 4.50. The van der Waals surface area contributed by atoms with Crippen LogP contribution in [0.5, 0.6) is 0 Å². The Kier molecular flexibility index (Phi) is 5.14. The predicted octanol–water partition coefficient (Wildman–Crippen LogP) is 6.36. The highest BCUT2D eigenvalue weighted by Crippen LogP contribution is 2.34. The summed E-state index contributed by atoms with van der Waals surface area (Å²) in [5.74, 6) is 0.933. The fraction of sp³-hybridized carbons (Fsp3) is 0.182. The van der Waals surface area contributed by atoms with Gasteiger partial charge in [0.1, 0.15) is 11.9 Å². The highest BCUT2D eigenvalue weighted by molar-refractivity contribution is 9.10. The molecule has 0 radical (unpaired) electrons. The second-order valence-electron chi connectivity index (χ2n) is 6.23. The molecule has 3 rings (SSSR count). The fourth-order valence-electron chi connectivity index (χ4n) is 3.27. The lowest BCUT2D eigenvalue weighted by Gasteiger charge is -2.14. The Morgan fingerprint density at radius 1 is 0.920 bits per heavy atom. The van der Waals surface area contributed by atoms with E-state index in [-0.39, 0.29) is 0 Å². The van der Waals surface area contributed by atoms with Crippen LogP contribution in [0.2, 0.25) is 0 Å². The van der Waals surface area contributed by atoms with E-state index in [9.17, 15) is 0 Å². The summed E-state index contributed by atoms with van der Waals surface area (Å²) < 4.78 is 3.26. The van der Waals surface area contributed by atoms with Crippen LogP contribution in [0.1, 0.15) is 23.6 Å². The van der Waals surface area contributed by atoms with Gasteiger partial charge in [-0.1, -0.05) is 28.1 Å². The summed E-state index contributed by atoms with van der Waals surface area (Å²) >= 11 is 3.59. The van der Waals surface area contributed by atoms with Crippen molar-refractivity contribution in [3.63, 3.8) is 0 Å². The second-order valence-corrected chi connectivity index (χ2v) is 7.15. The predicted molar refractivity (Wildman–Crippen MR) is 111 cm³/mol. The maximum atomic E-state index is 4.50. The zero-order chi connectivity index (χ0) is 18.0. The van der Waals surface area contributed by atoms with Crippen molar-refractivity contribution in [2.75, 3.05) is 0 Å². The zero-order valence-electron chi connectivity index (χ0n) is 15.0. The van der Waals surface area contributed by atoms with Crippen LogP contribution >= 0.6 is 15.9 Å². The molecule has 0 aliphatic rings. The first-order valence-electron chi connectivity index (χ1n) is 8.38. The van der Waals surface area contributed by atoms with Crippen LogP contribution in [-0.4, -0.2) is 11.2 Å². The van der Waals surface area contributed by atoms with Crippen molar-refractivity contribution in [2.24, 2.45) is 0 Å². The minimum Gasteiger partial charge on any atom is -0.200 e. The Morgan fingerprint density at radius 3 is 2.24 bits per heavy atom. The van der Waals surface area contributed by atoms with E-state index in [0.717, 1.165) is 10.3 Å². The quantitative estimate of drug-likeness (QED) is 0.373. The van der Waals surface area contributed by atoms with Crippen molar-refractivity contribution in [1.29, 1.82) is 0 Å². The van der Waals surface area contributed by atoms with Crippen LogP contribution in [-0.2, 0) is 0 Å². The van der Waals surface area contributed by atoms with E-state index in [1.807, 2.05) is 31.3 Å². The van der Waals surface area contributed by atoms with Gasteiger partial charge in [-0.3, -0.25) is 0 Å². The topological polar surface area (TPSA) is 15.9 Å². The molecule has 0 aliphatic carbocycles. The van der Waals surface area contributed by atoms with Crippen LogP contribution < -0.4 is 4.58 Å². The SMILES string of the molecule is CC=[N+](c1ccccn1)c1c(C)cc(-c2cc(Br)ccc2C)cc1C. The van der Waals surface area contributed by atoms with E-state index >= 15 is 0 Å². The van der Waals surface area contributed by atoms with E-state index < -0.39 is 0 Å². The van der Waals surface area contributed by atoms with E-state index in [1.54, 1.807) is 0 Å². The summed E-state index contributed by atoms with van der Waals surface area (Å²) in [6.45, 7) is 8.53. The van der Waals surface area contributed by atoms with Crippen molar-refractivity contribution >= 4 is 33.6 Å². The summed E-state index contributed by atoms with van der Waals surface area (Å²) in [7, 11) is 0. The van der Waals surface area contributed by atoms with Gasteiger partial charge in [0.05, 0.1) is 6.21 Å². The molecule has 0 atom stereocenters. The van der Waals surface area contributed by atoms with Crippen molar-refractivity contribution in [1.82, 2.24) is 9.56 Å². The van der Waals surface area contributed by atoms with Gasteiger partial charge in [-0.05, 0) is 90.8 Å². The molecule has 0 unspecified atom stereocenters. The Labute approximate surface area is 158 Å². The molecule has 0 saturated heterocycles. The van der Waals surface area contributed by atoms with Crippen LogP contribution in [0.15, 0.2) is 59.2 Å². The lowest BCUT2D eigenvalue weighted by molar-refractivity contribution is 1.00. The van der Waals surface area contributed by atoms with Crippen molar-refractivity contribution in [3.05, 3.63) is 75.9 Å². The average Bonchev–Trinajstić information content (AvgIpc) is 2.60. The summed E-state index contributed by atoms with van der Waals surface area (Å²) in [5.41, 5.74) is 7.44. The Bertz CT molecular complexity index is 920. The number of pyridine rings is 1. The van der Waals surface area contributed by atoms with Gasteiger partial charge in [-0.2, -0.15) is 0 Å². The van der Waals surface area contributed by atoms with Crippen molar-refractivity contribution < 1.29 is 0 Å². The maximum absolute atomic E-state index is 4.50. The first-order chi connectivity index (χ1) is 12.0. The Morgan fingerprint density at radius 2 is 1.64 bits per heavy atom. The van der Waals surface area contributed by atoms with Gasteiger partial charge >= 0.3 is 5.82 Å². The van der Waals surface area contributed by atoms with Crippen molar-refractivity contribution in [3.8, 4) is 11.1 Å². The molecule has 126 valence electrons. The first kappa shape index (κ1) is 17.6. The van der Waals surface area contributed by atoms with Gasteiger partial charge < -0.3 is 0 Å². The molecule has 2 aromatic carbocycles. The number of benzene rings is 2. The maximum Gasteiger partial charge on any atom is 0.327 e. The van der Waals surface area contributed by atoms with E-state index in [1.165, 1.54) is 33.5 Å². The van der Waals surface area contributed by atoms with Crippen LogP contribution in [0, 0.1) is 20.8 Å². The normalized spacial score (nSPS) is 11.6. The molecule has 1 heterocycles. The third kappa shape index (κ3) is 3.57. The monoisotopic (exact) mass is 393 g/mol. The summed E-state index contributed by atoms with van der Waals surface area (Å²) in [6.07, 6.45) is 3.90. The largest absolute Gasteiger partial charge is 0.327 e. The summed E-state index contributed by atoms with van der Waals surface area (Å²) in [5, 5.41) is 0. The highest BCUT2D eigenvalue weighted by Gasteiger charge is 2.18. The average molecular weight is 394 g/mol. The molecule has 3 aromatic rings. The molecule has 3 heteroatoms. The lowest BCUT2D eigenvalue weighted by Crippen LogP contribution is -2.09. The third-order valence-corrected chi connectivity index (χ3v) is 4.89. The van der Waals surface area contributed by atoms with E-state index in [4.69, 9.17) is 0 Å². The highest BCUT2D eigenvalue weighted by atomic mass is 79.9. The standard InChI is InChI=1S/C22H22BrN2/c1-5-25(21-8-6-7-11-24-21)22-16(3)12-18(13-17(22)4)20-14-19(23)10-9-15(20)2/h5-14H,1-4H3/q+1. The van der Waals surface area contributed by atoms with E-state index in [0.29, 0.717) is 0 Å². The molecule has 25 heavy (non-hydrogen) atoms. The number of rotatable bonds is 3. The number of nitrogens with zero attached hydrogens (tertiary/aromatic N) is 2. The molecular weight excluding hydrogens is 372 g/mol. The lowest BCUT2D eigenvalue weighted by atomic mass is 9.95. The van der Waals surface area contributed by atoms with Gasteiger partial charge in [0, 0.05) is 10.5 Å². The minimum absolute atomic E-state index is 0.933. The number of hydrogen-bond donors (Lipinski definition) is 0. The number of hydrogen-bond acceptors (Lipinski definition) is 1. The van der Waals surface area contributed by atoms with Gasteiger partial charge in [-0.15, -0.1) is 0 Å². The van der Waals surface area contributed by atoms with Gasteiger partial charge in [0.2, 0.25) is 0 Å². The Balaban J connectivity index is 2.14. The van der Waals surface area contributed by atoms with Crippen LogP contribution in [0.25, 0.3) is 11.1 Å². The molecule has 1 aromatic heterocycles. The minimum atomic E-state index is 0.933. The smallest absolute Gasteiger partial charge is 0.200 e. The van der Waals surface area contributed by atoms with Gasteiger partial charge in [0.25, 0.3) is 0 Å². The van der Waals surface area contributed by atoms with Gasteiger partial charge in [-0.25, -0.2) is 4.58 Å². The molecule has 0 spiro atoms. The fourth-order valence-corrected chi connectivity index (χ4v) is 3.63. The molecule has 2 nitrogen and oxygen atoms in total. The molecular formula is C22H22BrN2+. The zero-order valence-corrected chi connectivity index (χ0v) is 16.6. The summed E-state index contributed by atoms with van der Waals surface area (Å²) in [6, 6.07) is 16.9. The Hall–Kier alpha value is -2.26. The van der Waals surface area contributed by atoms with Crippen LogP contribution in [0.4, 0.5) is 11.5 Å². The molecule has 0 aliphatic heterocycles. The number of aryl methyl sites for hydroxylation is 3. The molecule has 0 amide bonds. The van der Waals surface area contributed by atoms with Crippen molar-refractivity contribution in [2.45, 2.75) is 27.7 Å². The molecule has 0 fully saturated rings. The molecule has 0 bridgehead atoms. The number of aromatic nitrogens is 1. The van der Waals surface area contributed by atoms with Crippen LogP contribution in [0.3, 0.4) is 0 Å². The first-order valence-corrected chi connectivity index (χ1v) is 9.18. The second kappa shape index (κ2) is 7.32. The molecule has 0 N–H and O–H groups in total. The third-order valence-electron chi connectivity index (χ3n) is 4.40. The van der Waals surface area contributed by atoms with Gasteiger partial charge in [0.15, 0.2) is 0 Å². The number of halogens is 1.